The normalized spacial score (nSPS) is 13.2. The van der Waals surface area contributed by atoms with Gasteiger partial charge >= 0.3 is 5.97 Å². The molecule has 0 atom stereocenters. The van der Waals surface area contributed by atoms with Crippen molar-refractivity contribution < 1.29 is 19.5 Å². The van der Waals surface area contributed by atoms with Crippen LogP contribution in [0.3, 0.4) is 0 Å². The second-order valence-electron chi connectivity index (χ2n) is 7.82. The third-order valence-electron chi connectivity index (χ3n) is 6.04. The van der Waals surface area contributed by atoms with Crippen molar-refractivity contribution in [3.63, 3.8) is 0 Å². The number of fused-ring (bicyclic) bond motifs is 1. The maximum atomic E-state index is 13.9. The van der Waals surface area contributed by atoms with E-state index in [1.807, 2.05) is 91.0 Å². The van der Waals surface area contributed by atoms with E-state index in [0.29, 0.717) is 0 Å². The van der Waals surface area contributed by atoms with E-state index in [1.165, 1.54) is 23.1 Å². The Morgan fingerprint density at radius 3 is 1.45 bits per heavy atom. The van der Waals surface area contributed by atoms with E-state index < -0.39 is 23.3 Å². The fraction of sp³-hybridized carbons (Fsp3) is 0.0357. The standard InChI is InChI=1S/C28H19NO4/c30-25-23-17-16-19(27(32)33)18-24(23)26(31)29(25)28(20-10-4-1-5-11-20,21-12-6-2-7-13-21)22-14-8-3-9-15-22/h1-18H,(H,32,33). The van der Waals surface area contributed by atoms with E-state index in [-0.39, 0.29) is 16.7 Å². The molecule has 0 radical (unpaired) electrons. The van der Waals surface area contributed by atoms with Gasteiger partial charge in [0.05, 0.1) is 16.7 Å². The zero-order valence-electron chi connectivity index (χ0n) is 17.5. The number of carboxylic acids is 1. The Bertz CT molecular complexity index is 1270. The minimum absolute atomic E-state index is 0.0403. The Morgan fingerprint density at radius 2 is 1.03 bits per heavy atom. The first-order chi connectivity index (χ1) is 16.0. The molecule has 5 heteroatoms. The predicted molar refractivity (Wildman–Crippen MR) is 123 cm³/mol. The van der Waals surface area contributed by atoms with Crippen LogP contribution in [0, 0.1) is 0 Å². The number of rotatable bonds is 5. The van der Waals surface area contributed by atoms with Crippen LogP contribution in [0.2, 0.25) is 0 Å². The summed E-state index contributed by atoms with van der Waals surface area (Å²) < 4.78 is 0. The number of carbonyl (C=O) groups excluding carboxylic acids is 2. The minimum Gasteiger partial charge on any atom is -0.478 e. The second-order valence-corrected chi connectivity index (χ2v) is 7.82. The maximum Gasteiger partial charge on any atom is 0.335 e. The zero-order valence-corrected chi connectivity index (χ0v) is 17.5. The number of aromatic carboxylic acids is 1. The molecule has 33 heavy (non-hydrogen) atoms. The number of amides is 2. The maximum absolute atomic E-state index is 13.9. The Hall–Kier alpha value is -4.51. The summed E-state index contributed by atoms with van der Waals surface area (Å²) in [4.78, 5) is 40.5. The highest BCUT2D eigenvalue weighted by Crippen LogP contribution is 2.46. The molecule has 5 rings (SSSR count). The first-order valence-electron chi connectivity index (χ1n) is 10.5. The van der Waals surface area contributed by atoms with Crippen molar-refractivity contribution in [2.45, 2.75) is 5.54 Å². The molecule has 160 valence electrons. The molecule has 0 aromatic heterocycles. The van der Waals surface area contributed by atoms with Gasteiger partial charge in [-0.15, -0.1) is 0 Å². The second kappa shape index (κ2) is 7.88. The summed E-state index contributed by atoms with van der Waals surface area (Å²) in [6.45, 7) is 0. The molecule has 1 N–H and O–H groups in total. The molecular formula is C28H19NO4. The van der Waals surface area contributed by atoms with Crippen molar-refractivity contribution in [3.05, 3.63) is 143 Å². The van der Waals surface area contributed by atoms with E-state index in [9.17, 15) is 19.5 Å². The van der Waals surface area contributed by atoms with Gasteiger partial charge in [0.2, 0.25) is 0 Å². The molecule has 1 aliphatic heterocycles. The molecule has 1 aliphatic rings. The number of hydrogen-bond donors (Lipinski definition) is 1. The van der Waals surface area contributed by atoms with Crippen LogP contribution in [0.5, 0.6) is 0 Å². The average Bonchev–Trinajstić information content (AvgIpc) is 3.12. The first kappa shape index (κ1) is 20.4. The van der Waals surface area contributed by atoms with Gasteiger partial charge in [0.15, 0.2) is 0 Å². The van der Waals surface area contributed by atoms with Crippen LogP contribution in [0.4, 0.5) is 0 Å². The van der Waals surface area contributed by atoms with Gasteiger partial charge in [-0.05, 0) is 34.9 Å². The van der Waals surface area contributed by atoms with Crippen LogP contribution in [-0.2, 0) is 5.54 Å². The lowest BCUT2D eigenvalue weighted by atomic mass is 9.75. The van der Waals surface area contributed by atoms with Crippen molar-refractivity contribution in [1.82, 2.24) is 4.90 Å². The van der Waals surface area contributed by atoms with Crippen LogP contribution in [-0.4, -0.2) is 27.8 Å². The van der Waals surface area contributed by atoms with Crippen LogP contribution >= 0.6 is 0 Å². The molecule has 0 aliphatic carbocycles. The topological polar surface area (TPSA) is 74.7 Å². The Labute approximate surface area is 190 Å². The van der Waals surface area contributed by atoms with E-state index in [4.69, 9.17) is 0 Å². The number of carbonyl (C=O) groups is 3. The summed E-state index contributed by atoms with van der Waals surface area (Å²) in [6, 6.07) is 32.3. The highest BCUT2D eigenvalue weighted by molar-refractivity contribution is 6.23. The SMILES string of the molecule is O=C(O)c1ccc2c(c1)C(=O)N(C(c1ccccc1)(c1ccccc1)c1ccccc1)C2=O. The summed E-state index contributed by atoms with van der Waals surface area (Å²) in [5, 5.41) is 9.42. The van der Waals surface area contributed by atoms with Gasteiger partial charge in [-0.2, -0.15) is 0 Å². The monoisotopic (exact) mass is 433 g/mol. The van der Waals surface area contributed by atoms with E-state index >= 15 is 0 Å². The molecule has 0 fully saturated rings. The largest absolute Gasteiger partial charge is 0.478 e. The van der Waals surface area contributed by atoms with E-state index in [0.717, 1.165) is 16.7 Å². The van der Waals surface area contributed by atoms with Crippen LogP contribution in [0.1, 0.15) is 47.8 Å². The summed E-state index contributed by atoms with van der Waals surface area (Å²) >= 11 is 0. The van der Waals surface area contributed by atoms with Gasteiger partial charge in [0.25, 0.3) is 11.8 Å². The van der Waals surface area contributed by atoms with Crippen LogP contribution in [0.25, 0.3) is 0 Å². The number of benzene rings is 4. The predicted octanol–water partition coefficient (Wildman–Crippen LogP) is 4.97. The van der Waals surface area contributed by atoms with Crippen LogP contribution < -0.4 is 0 Å². The van der Waals surface area contributed by atoms with Gasteiger partial charge in [0, 0.05) is 0 Å². The van der Waals surface area contributed by atoms with Gasteiger partial charge < -0.3 is 5.11 Å². The Balaban J connectivity index is 1.85. The summed E-state index contributed by atoms with van der Waals surface area (Å²) in [5.41, 5.74) is 1.23. The quantitative estimate of drug-likeness (QED) is 0.356. The lowest BCUT2D eigenvalue weighted by molar-refractivity contribution is 0.0530. The summed E-state index contributed by atoms with van der Waals surface area (Å²) in [5.74, 6) is -2.16. The number of imide groups is 1. The number of hydrogen-bond acceptors (Lipinski definition) is 3. The fourth-order valence-corrected chi connectivity index (χ4v) is 4.60. The molecule has 4 aromatic rings. The fourth-order valence-electron chi connectivity index (χ4n) is 4.60. The molecule has 0 bridgehead atoms. The van der Waals surface area contributed by atoms with Gasteiger partial charge in [-0.3, -0.25) is 14.5 Å². The third-order valence-corrected chi connectivity index (χ3v) is 6.04. The molecule has 2 amide bonds. The summed E-state index contributed by atoms with van der Waals surface area (Å²) in [6.07, 6.45) is 0. The molecule has 5 nitrogen and oxygen atoms in total. The lowest BCUT2D eigenvalue weighted by Crippen LogP contribution is -2.51. The molecule has 0 spiro atoms. The van der Waals surface area contributed by atoms with Crippen molar-refractivity contribution in [2.75, 3.05) is 0 Å². The highest BCUT2D eigenvalue weighted by atomic mass is 16.4. The third kappa shape index (κ3) is 3.05. The molecule has 1 heterocycles. The Morgan fingerprint density at radius 1 is 0.606 bits per heavy atom. The smallest absolute Gasteiger partial charge is 0.335 e. The number of carboxylic acid groups (broad SMARTS) is 1. The number of nitrogens with zero attached hydrogens (tertiary/aromatic N) is 1. The highest BCUT2D eigenvalue weighted by Gasteiger charge is 2.52. The Kier molecular flexibility index (Phi) is 4.87. The van der Waals surface area contributed by atoms with Crippen molar-refractivity contribution in [3.8, 4) is 0 Å². The summed E-state index contributed by atoms with van der Waals surface area (Å²) in [7, 11) is 0. The lowest BCUT2D eigenvalue weighted by Gasteiger charge is -2.42. The van der Waals surface area contributed by atoms with Gasteiger partial charge in [0.1, 0.15) is 5.54 Å². The molecule has 4 aromatic carbocycles. The van der Waals surface area contributed by atoms with E-state index in [2.05, 4.69) is 0 Å². The first-order valence-corrected chi connectivity index (χ1v) is 10.5. The van der Waals surface area contributed by atoms with Gasteiger partial charge in [-0.1, -0.05) is 91.0 Å². The van der Waals surface area contributed by atoms with Crippen LogP contribution in [0.15, 0.2) is 109 Å². The molecule has 0 saturated heterocycles. The van der Waals surface area contributed by atoms with Gasteiger partial charge in [-0.25, -0.2) is 4.79 Å². The average molecular weight is 433 g/mol. The molecular weight excluding hydrogens is 414 g/mol. The minimum atomic E-state index is -1.25. The van der Waals surface area contributed by atoms with Crippen molar-refractivity contribution in [1.29, 1.82) is 0 Å². The molecule has 0 saturated carbocycles. The van der Waals surface area contributed by atoms with E-state index in [1.54, 1.807) is 0 Å². The zero-order chi connectivity index (χ0) is 23.0. The van der Waals surface area contributed by atoms with Crippen molar-refractivity contribution >= 4 is 17.8 Å². The van der Waals surface area contributed by atoms with Crippen molar-refractivity contribution in [2.24, 2.45) is 0 Å². The molecule has 0 unspecified atom stereocenters.